The van der Waals surface area contributed by atoms with Gasteiger partial charge in [-0.2, -0.15) is 5.10 Å². The summed E-state index contributed by atoms with van der Waals surface area (Å²) < 4.78 is 20.1. The van der Waals surface area contributed by atoms with Crippen molar-refractivity contribution in [2.75, 3.05) is 13.7 Å². The van der Waals surface area contributed by atoms with Gasteiger partial charge in [0.15, 0.2) is 0 Å². The third-order valence-electron chi connectivity index (χ3n) is 4.68. The number of ether oxygens (including phenoxy) is 1. The monoisotopic (exact) mass is 382 g/mol. The number of carbonyl (C=O) groups excluding carboxylic acids is 1. The normalized spacial score (nSPS) is 20.5. The number of carbonyl (C=O) groups is 1. The zero-order valence-electron chi connectivity index (χ0n) is 15.0. The van der Waals surface area contributed by atoms with Gasteiger partial charge in [0.2, 0.25) is 5.91 Å². The van der Waals surface area contributed by atoms with Crippen LogP contribution in [0.1, 0.15) is 30.6 Å². The molecule has 8 heteroatoms. The Labute approximate surface area is 158 Å². The van der Waals surface area contributed by atoms with E-state index in [1.807, 2.05) is 13.8 Å². The summed E-state index contributed by atoms with van der Waals surface area (Å²) in [5.41, 5.74) is 2.62. The average Bonchev–Trinajstić information content (AvgIpc) is 3.22. The van der Waals surface area contributed by atoms with Crippen LogP contribution in [0.5, 0.6) is 0 Å². The topological polar surface area (TPSA) is 68.2 Å². The van der Waals surface area contributed by atoms with E-state index in [1.165, 1.54) is 12.1 Å². The van der Waals surface area contributed by atoms with Gasteiger partial charge in [0, 0.05) is 24.9 Å². The second-order valence-corrected chi connectivity index (χ2v) is 6.36. The van der Waals surface area contributed by atoms with Crippen molar-refractivity contribution in [1.29, 1.82) is 0 Å². The lowest BCUT2D eigenvalue weighted by molar-refractivity contribution is -0.123. The van der Waals surface area contributed by atoms with E-state index < -0.39 is 0 Å². The molecule has 26 heavy (non-hydrogen) atoms. The standard InChI is InChI=1S/C18H23FN4O2.ClH/c1-11(22-18(24)17-8-15(25-3)9-20-17)16-10-21-23(12(16)2)14-6-4-13(19)5-7-14;/h4-7,10-11,15,17,20H,8-9H2,1-3H3,(H,22,24);1H/t11?,15-,17+;/m0./s1. The molecular weight excluding hydrogens is 359 g/mol. The fourth-order valence-corrected chi connectivity index (χ4v) is 3.16. The van der Waals surface area contributed by atoms with Crippen LogP contribution in [0.2, 0.25) is 0 Å². The summed E-state index contributed by atoms with van der Waals surface area (Å²) in [6, 6.07) is 5.74. The summed E-state index contributed by atoms with van der Waals surface area (Å²) >= 11 is 0. The second kappa shape index (κ2) is 8.62. The van der Waals surface area contributed by atoms with Crippen molar-refractivity contribution < 1.29 is 13.9 Å². The Bertz CT molecular complexity index is 750. The van der Waals surface area contributed by atoms with E-state index in [9.17, 15) is 9.18 Å². The van der Waals surface area contributed by atoms with Gasteiger partial charge in [-0.25, -0.2) is 9.07 Å². The minimum atomic E-state index is -0.284. The van der Waals surface area contributed by atoms with Gasteiger partial charge in [-0.15, -0.1) is 12.4 Å². The van der Waals surface area contributed by atoms with Gasteiger partial charge in [0.05, 0.1) is 30.1 Å². The number of nitrogens with one attached hydrogen (secondary N) is 2. The van der Waals surface area contributed by atoms with Crippen LogP contribution < -0.4 is 10.6 Å². The lowest BCUT2D eigenvalue weighted by Crippen LogP contribution is -2.41. The molecule has 1 aromatic heterocycles. The first kappa shape index (κ1) is 20.4. The largest absolute Gasteiger partial charge is 0.380 e. The van der Waals surface area contributed by atoms with Crippen LogP contribution in [-0.4, -0.2) is 41.5 Å². The van der Waals surface area contributed by atoms with Crippen LogP contribution >= 0.6 is 12.4 Å². The van der Waals surface area contributed by atoms with E-state index >= 15 is 0 Å². The molecule has 1 fully saturated rings. The second-order valence-electron chi connectivity index (χ2n) is 6.36. The lowest BCUT2D eigenvalue weighted by Gasteiger charge is -2.17. The lowest BCUT2D eigenvalue weighted by atomic mass is 10.1. The summed E-state index contributed by atoms with van der Waals surface area (Å²) in [4.78, 5) is 12.4. The summed E-state index contributed by atoms with van der Waals surface area (Å²) in [5, 5.41) is 10.6. The minimum absolute atomic E-state index is 0. The molecule has 1 aliphatic rings. The molecule has 0 aliphatic carbocycles. The molecule has 0 saturated carbocycles. The Hall–Kier alpha value is -1.96. The molecule has 0 radical (unpaired) electrons. The van der Waals surface area contributed by atoms with E-state index in [0.29, 0.717) is 13.0 Å². The highest BCUT2D eigenvalue weighted by molar-refractivity contribution is 5.85. The summed E-state index contributed by atoms with van der Waals surface area (Å²) in [7, 11) is 1.66. The molecule has 1 aliphatic heterocycles. The van der Waals surface area contributed by atoms with Crippen LogP contribution in [0, 0.1) is 12.7 Å². The highest BCUT2D eigenvalue weighted by Gasteiger charge is 2.30. The van der Waals surface area contributed by atoms with Gasteiger partial charge in [-0.1, -0.05) is 0 Å². The molecule has 1 unspecified atom stereocenters. The summed E-state index contributed by atoms with van der Waals surface area (Å²) in [6.07, 6.45) is 2.49. The first-order valence-corrected chi connectivity index (χ1v) is 8.36. The molecule has 3 rings (SSSR count). The molecule has 6 nitrogen and oxygen atoms in total. The fraction of sp³-hybridized carbons (Fsp3) is 0.444. The molecule has 0 spiro atoms. The highest BCUT2D eigenvalue weighted by Crippen LogP contribution is 2.21. The van der Waals surface area contributed by atoms with Crippen molar-refractivity contribution in [2.24, 2.45) is 0 Å². The van der Waals surface area contributed by atoms with Gasteiger partial charge in [-0.05, 0) is 44.5 Å². The van der Waals surface area contributed by atoms with E-state index in [0.717, 1.165) is 16.9 Å². The van der Waals surface area contributed by atoms with Crippen molar-refractivity contribution >= 4 is 18.3 Å². The molecule has 2 aromatic rings. The van der Waals surface area contributed by atoms with Gasteiger partial charge in [0.25, 0.3) is 0 Å². The van der Waals surface area contributed by atoms with Gasteiger partial charge in [-0.3, -0.25) is 4.79 Å². The van der Waals surface area contributed by atoms with Crippen molar-refractivity contribution in [3.8, 4) is 5.69 Å². The predicted molar refractivity (Wildman–Crippen MR) is 99.3 cm³/mol. The molecule has 1 aromatic carbocycles. The molecular formula is C18H24ClFN4O2. The number of nitrogens with zero attached hydrogens (tertiary/aromatic N) is 2. The summed E-state index contributed by atoms with van der Waals surface area (Å²) in [6.45, 7) is 4.55. The maximum atomic E-state index is 13.1. The molecule has 142 valence electrons. The van der Waals surface area contributed by atoms with Crippen molar-refractivity contribution in [3.05, 3.63) is 47.5 Å². The van der Waals surface area contributed by atoms with E-state index in [-0.39, 0.29) is 42.3 Å². The summed E-state index contributed by atoms with van der Waals surface area (Å²) in [5.74, 6) is -0.325. The predicted octanol–water partition coefficient (Wildman–Crippen LogP) is 2.30. The van der Waals surface area contributed by atoms with E-state index in [2.05, 4.69) is 15.7 Å². The molecule has 2 heterocycles. The molecule has 1 amide bonds. The number of methoxy groups -OCH3 is 1. The maximum absolute atomic E-state index is 13.1. The van der Waals surface area contributed by atoms with Crippen molar-refractivity contribution in [1.82, 2.24) is 20.4 Å². The van der Waals surface area contributed by atoms with Crippen LogP contribution in [0.15, 0.2) is 30.5 Å². The third-order valence-corrected chi connectivity index (χ3v) is 4.68. The first-order chi connectivity index (χ1) is 12.0. The fourth-order valence-electron chi connectivity index (χ4n) is 3.16. The van der Waals surface area contributed by atoms with Crippen molar-refractivity contribution in [3.63, 3.8) is 0 Å². The van der Waals surface area contributed by atoms with Crippen LogP contribution in [0.25, 0.3) is 5.69 Å². The zero-order chi connectivity index (χ0) is 18.0. The third kappa shape index (κ3) is 4.23. The number of hydrogen-bond donors (Lipinski definition) is 2. The number of amides is 1. The Morgan fingerprint density at radius 3 is 2.73 bits per heavy atom. The zero-order valence-corrected chi connectivity index (χ0v) is 15.8. The van der Waals surface area contributed by atoms with E-state index in [1.54, 1.807) is 30.1 Å². The quantitative estimate of drug-likeness (QED) is 0.832. The Morgan fingerprint density at radius 1 is 1.42 bits per heavy atom. The van der Waals surface area contributed by atoms with Gasteiger partial charge >= 0.3 is 0 Å². The van der Waals surface area contributed by atoms with Crippen LogP contribution in [0.3, 0.4) is 0 Å². The number of aromatic nitrogens is 2. The molecule has 0 bridgehead atoms. The minimum Gasteiger partial charge on any atom is -0.380 e. The van der Waals surface area contributed by atoms with Gasteiger partial charge < -0.3 is 15.4 Å². The molecule has 3 atom stereocenters. The Kier molecular flexibility index (Phi) is 6.75. The number of rotatable bonds is 5. The van der Waals surface area contributed by atoms with E-state index in [4.69, 9.17) is 4.74 Å². The van der Waals surface area contributed by atoms with Crippen LogP contribution in [0.4, 0.5) is 4.39 Å². The first-order valence-electron chi connectivity index (χ1n) is 8.36. The SMILES string of the molecule is CO[C@@H]1CN[C@@H](C(=O)NC(C)c2cnn(-c3ccc(F)cc3)c2C)C1.Cl. The average molecular weight is 383 g/mol. The van der Waals surface area contributed by atoms with Crippen molar-refractivity contribution in [2.45, 2.75) is 38.5 Å². The molecule has 2 N–H and O–H groups in total. The Balaban J connectivity index is 0.00000243. The number of benzene rings is 1. The maximum Gasteiger partial charge on any atom is 0.237 e. The highest BCUT2D eigenvalue weighted by atomic mass is 35.5. The van der Waals surface area contributed by atoms with Gasteiger partial charge in [0.1, 0.15) is 5.82 Å². The smallest absolute Gasteiger partial charge is 0.237 e. The number of hydrogen-bond acceptors (Lipinski definition) is 4. The molecule has 1 saturated heterocycles. The Morgan fingerprint density at radius 2 is 2.12 bits per heavy atom. The number of halogens is 2. The van der Waals surface area contributed by atoms with Crippen LogP contribution in [-0.2, 0) is 9.53 Å².